The molecule has 3 amide bonds. The third-order valence-corrected chi connectivity index (χ3v) is 12.7. The summed E-state index contributed by atoms with van der Waals surface area (Å²) in [5.74, 6) is -0.567. The maximum Gasteiger partial charge on any atom is 0.226 e. The molecule has 2 heterocycles. The van der Waals surface area contributed by atoms with Gasteiger partial charge in [-0.05, 0) is 63.5 Å². The predicted octanol–water partition coefficient (Wildman–Crippen LogP) is 6.35. The minimum absolute atomic E-state index is 0.0176. The van der Waals surface area contributed by atoms with Gasteiger partial charge in [-0.15, -0.1) is 0 Å². The number of piperazine rings is 1. The zero-order valence-electron chi connectivity index (χ0n) is 35.8. The number of amides is 3. The maximum absolute atomic E-state index is 14.4. The Kier molecular flexibility index (Phi) is 18.1. The average molecular weight is 755 g/mol. The first-order valence-corrected chi connectivity index (χ1v) is 20.8. The van der Waals surface area contributed by atoms with E-state index in [2.05, 4.69) is 58.7 Å². The first-order chi connectivity index (χ1) is 25.6. The number of ether oxygens (including phenoxy) is 2. The van der Waals surface area contributed by atoms with Crippen molar-refractivity contribution in [2.75, 3.05) is 47.9 Å². The number of ketones is 1. The van der Waals surface area contributed by atoms with Crippen LogP contribution in [0.15, 0.2) is 30.3 Å². The number of benzene rings is 1. The summed E-state index contributed by atoms with van der Waals surface area (Å²) in [6, 6.07) is 9.87. The Morgan fingerprint density at radius 2 is 1.50 bits per heavy atom. The van der Waals surface area contributed by atoms with Crippen molar-refractivity contribution in [2.24, 2.45) is 29.6 Å². The predicted molar refractivity (Wildman–Crippen MR) is 216 cm³/mol. The minimum Gasteiger partial charge on any atom is -0.379 e. The molecule has 2 aliphatic heterocycles. The van der Waals surface area contributed by atoms with Crippen LogP contribution >= 0.6 is 0 Å². The van der Waals surface area contributed by atoms with Crippen LogP contribution in [-0.2, 0) is 35.1 Å². The Labute approximate surface area is 327 Å². The van der Waals surface area contributed by atoms with Crippen LogP contribution in [0.5, 0.6) is 0 Å². The maximum atomic E-state index is 14.4. The van der Waals surface area contributed by atoms with E-state index in [-0.39, 0.29) is 84.2 Å². The highest BCUT2D eigenvalue weighted by molar-refractivity contribution is 5.87. The first-order valence-electron chi connectivity index (χ1n) is 20.8. The van der Waals surface area contributed by atoms with Gasteiger partial charge in [0.25, 0.3) is 0 Å². The summed E-state index contributed by atoms with van der Waals surface area (Å²) in [7, 11) is 7.15. The number of likely N-dealkylation sites (tertiary alicyclic amines) is 1. The largest absolute Gasteiger partial charge is 0.379 e. The Morgan fingerprint density at radius 3 is 2.04 bits per heavy atom. The van der Waals surface area contributed by atoms with Gasteiger partial charge in [0.1, 0.15) is 5.78 Å². The summed E-state index contributed by atoms with van der Waals surface area (Å²) >= 11 is 0. The third-order valence-electron chi connectivity index (χ3n) is 12.7. The third kappa shape index (κ3) is 11.6. The second-order valence-electron chi connectivity index (χ2n) is 17.0. The Hall–Kier alpha value is -2.82. The molecule has 0 aromatic heterocycles. The van der Waals surface area contributed by atoms with Crippen molar-refractivity contribution < 1.29 is 28.7 Å². The average Bonchev–Trinajstić information content (AvgIpc) is 3.62. The number of carbonyl (C=O) groups is 4. The lowest BCUT2D eigenvalue weighted by Gasteiger charge is -2.44. The standard InChI is InChI=1S/C44H74N4O6/c1-13-30(5)42(46(10)44(52)36(29(3)4)25-41(51)48-31(6)27-45(9)28-32(48)7)39(53-11)26-40(50)47-22-18-21-37(47)43(54-12)33(8)38(49)24-34(14-2)23-35-19-16-15-17-20-35/h15-17,19-20,29-34,36-37,39,42-43H,13-14,18,21-28H2,1-12H3/t30-,31-,32+,33-,34+,36-,37-,39+,42-,43+/m0/s1. The number of hydrogen-bond donors (Lipinski definition) is 0. The van der Waals surface area contributed by atoms with Gasteiger partial charge >= 0.3 is 0 Å². The Balaban J connectivity index is 1.75. The molecule has 10 atom stereocenters. The van der Waals surface area contributed by atoms with E-state index in [9.17, 15) is 19.2 Å². The highest BCUT2D eigenvalue weighted by atomic mass is 16.5. The summed E-state index contributed by atoms with van der Waals surface area (Å²) in [6.45, 7) is 18.7. The molecule has 2 saturated heterocycles. The van der Waals surface area contributed by atoms with Crippen LogP contribution in [0.25, 0.3) is 0 Å². The minimum atomic E-state index is -0.549. The fourth-order valence-electron chi connectivity index (χ4n) is 9.36. The van der Waals surface area contributed by atoms with Gasteiger partial charge in [-0.1, -0.05) is 84.7 Å². The van der Waals surface area contributed by atoms with Crippen molar-refractivity contribution in [3.63, 3.8) is 0 Å². The molecule has 2 aliphatic rings. The Bertz CT molecular complexity index is 1330. The van der Waals surface area contributed by atoms with Crippen LogP contribution in [0.4, 0.5) is 0 Å². The highest BCUT2D eigenvalue weighted by Gasteiger charge is 2.43. The number of likely N-dealkylation sites (N-methyl/N-ethyl adjacent to an activating group) is 2. The van der Waals surface area contributed by atoms with Gasteiger partial charge in [0.05, 0.1) is 30.7 Å². The number of Topliss-reactive ketones (excluding diaryl/α,β-unsaturated/α-hetero) is 1. The van der Waals surface area contributed by atoms with E-state index in [1.807, 2.05) is 55.8 Å². The molecule has 2 fully saturated rings. The fourth-order valence-corrected chi connectivity index (χ4v) is 9.36. The second kappa shape index (κ2) is 21.5. The molecule has 0 saturated carbocycles. The number of methoxy groups -OCH3 is 2. The van der Waals surface area contributed by atoms with Gasteiger partial charge in [-0.3, -0.25) is 19.2 Å². The number of nitrogens with zero attached hydrogens (tertiary/aromatic N) is 4. The highest BCUT2D eigenvalue weighted by Crippen LogP contribution is 2.32. The molecule has 0 aliphatic carbocycles. The van der Waals surface area contributed by atoms with Gasteiger partial charge in [0.15, 0.2) is 0 Å². The number of carbonyl (C=O) groups excluding carboxylic acids is 4. The van der Waals surface area contributed by atoms with Crippen molar-refractivity contribution in [1.82, 2.24) is 19.6 Å². The van der Waals surface area contributed by atoms with Crippen molar-refractivity contribution in [3.05, 3.63) is 35.9 Å². The zero-order chi connectivity index (χ0) is 40.3. The van der Waals surface area contributed by atoms with Crippen LogP contribution in [0.1, 0.15) is 106 Å². The lowest BCUT2D eigenvalue weighted by atomic mass is 9.84. The molecule has 0 bridgehead atoms. The van der Waals surface area contributed by atoms with Gasteiger partial charge in [0, 0.05) is 77.7 Å². The molecule has 0 spiro atoms. The fraction of sp³-hybridized carbons (Fsp3) is 0.773. The lowest BCUT2D eigenvalue weighted by molar-refractivity contribution is -0.151. The normalized spacial score (nSPS) is 23.4. The molecule has 0 unspecified atom stereocenters. The van der Waals surface area contributed by atoms with Crippen LogP contribution in [-0.4, -0.2) is 127 Å². The van der Waals surface area contributed by atoms with E-state index >= 15 is 0 Å². The molecule has 0 N–H and O–H groups in total. The van der Waals surface area contributed by atoms with E-state index in [0.717, 1.165) is 45.2 Å². The van der Waals surface area contributed by atoms with E-state index in [4.69, 9.17) is 9.47 Å². The second-order valence-corrected chi connectivity index (χ2v) is 17.0. The van der Waals surface area contributed by atoms with Crippen LogP contribution in [0.3, 0.4) is 0 Å². The number of rotatable bonds is 20. The SMILES string of the molecule is CC[C@@H](CC(=O)[C@H](C)[C@@H](OC)[C@@H]1CCCN1C(=O)C[C@@H](OC)[C@H]([C@@H](C)CC)N(C)C(=O)[C@@H](CC(=O)N1[C@H](C)CN(C)C[C@@H]1C)C(C)C)Cc1ccccc1. The van der Waals surface area contributed by atoms with E-state index in [1.165, 1.54) is 5.56 Å². The molecule has 10 heteroatoms. The number of hydrogen-bond acceptors (Lipinski definition) is 7. The molecule has 10 nitrogen and oxygen atoms in total. The monoisotopic (exact) mass is 755 g/mol. The van der Waals surface area contributed by atoms with Crippen LogP contribution in [0.2, 0.25) is 0 Å². The molecular formula is C44H74N4O6. The van der Waals surface area contributed by atoms with Crippen molar-refractivity contribution >= 4 is 23.5 Å². The zero-order valence-corrected chi connectivity index (χ0v) is 35.8. The van der Waals surface area contributed by atoms with Crippen molar-refractivity contribution in [2.45, 2.75) is 143 Å². The van der Waals surface area contributed by atoms with E-state index < -0.39 is 18.1 Å². The summed E-state index contributed by atoms with van der Waals surface area (Å²) in [6.07, 6.45) is 3.94. The summed E-state index contributed by atoms with van der Waals surface area (Å²) in [4.78, 5) is 64.1. The van der Waals surface area contributed by atoms with Crippen LogP contribution in [0, 0.1) is 29.6 Å². The Morgan fingerprint density at radius 1 is 0.870 bits per heavy atom. The summed E-state index contributed by atoms with van der Waals surface area (Å²) in [5.41, 5.74) is 1.24. The molecular weight excluding hydrogens is 681 g/mol. The van der Waals surface area contributed by atoms with E-state index in [1.54, 1.807) is 19.1 Å². The van der Waals surface area contributed by atoms with E-state index in [0.29, 0.717) is 13.0 Å². The summed E-state index contributed by atoms with van der Waals surface area (Å²) in [5, 5.41) is 0. The van der Waals surface area contributed by atoms with Gasteiger partial charge in [-0.2, -0.15) is 0 Å². The molecule has 3 rings (SSSR count). The summed E-state index contributed by atoms with van der Waals surface area (Å²) < 4.78 is 12.1. The first kappa shape index (κ1) is 45.6. The van der Waals surface area contributed by atoms with Crippen molar-refractivity contribution in [3.8, 4) is 0 Å². The van der Waals surface area contributed by atoms with Crippen molar-refractivity contribution in [1.29, 1.82) is 0 Å². The van der Waals surface area contributed by atoms with Gasteiger partial charge < -0.3 is 29.1 Å². The quantitative estimate of drug-likeness (QED) is 0.153. The molecule has 54 heavy (non-hydrogen) atoms. The van der Waals surface area contributed by atoms with Gasteiger partial charge in [0.2, 0.25) is 17.7 Å². The molecule has 306 valence electrons. The smallest absolute Gasteiger partial charge is 0.226 e. The lowest BCUT2D eigenvalue weighted by Crippen LogP contribution is -2.58. The molecule has 0 radical (unpaired) electrons. The van der Waals surface area contributed by atoms with Crippen LogP contribution < -0.4 is 0 Å². The topological polar surface area (TPSA) is 99.7 Å². The molecule has 1 aromatic carbocycles. The van der Waals surface area contributed by atoms with Gasteiger partial charge in [-0.25, -0.2) is 0 Å². The molecule has 1 aromatic rings.